The van der Waals surface area contributed by atoms with Gasteiger partial charge in [0.15, 0.2) is 11.3 Å². The predicted octanol–water partition coefficient (Wildman–Crippen LogP) is 2.08. The van der Waals surface area contributed by atoms with Crippen LogP contribution in [0.5, 0.6) is 5.75 Å². The first-order valence-corrected chi connectivity index (χ1v) is 11.1. The van der Waals surface area contributed by atoms with Crippen molar-refractivity contribution in [1.29, 1.82) is 0 Å². The molecule has 1 aromatic heterocycles. The number of hydrogen-bond donors (Lipinski definition) is 0. The van der Waals surface area contributed by atoms with Crippen LogP contribution >= 0.6 is 11.8 Å². The number of fused-ring (bicyclic) bond motifs is 1. The number of amides is 1. The van der Waals surface area contributed by atoms with Gasteiger partial charge in [-0.25, -0.2) is 4.79 Å². The Balaban J connectivity index is 1.63. The largest absolute Gasteiger partial charge is 0.493 e. The fourth-order valence-corrected chi connectivity index (χ4v) is 4.97. The zero-order valence-electron chi connectivity index (χ0n) is 16.6. The van der Waals surface area contributed by atoms with Crippen molar-refractivity contribution >= 4 is 28.6 Å². The van der Waals surface area contributed by atoms with Crippen LogP contribution in [0.3, 0.4) is 0 Å². The minimum atomic E-state index is -0.617. The van der Waals surface area contributed by atoms with Crippen molar-refractivity contribution in [2.24, 2.45) is 0 Å². The molecule has 7 nitrogen and oxygen atoms in total. The van der Waals surface area contributed by atoms with Crippen molar-refractivity contribution in [2.75, 3.05) is 58.0 Å². The second-order valence-corrected chi connectivity index (χ2v) is 8.47. The fourth-order valence-electron chi connectivity index (χ4n) is 3.91. The summed E-state index contributed by atoms with van der Waals surface area (Å²) in [7, 11) is 1.53. The van der Waals surface area contributed by atoms with Gasteiger partial charge in [0.2, 0.25) is 0 Å². The van der Waals surface area contributed by atoms with Gasteiger partial charge in [-0.15, -0.1) is 0 Å². The lowest BCUT2D eigenvalue weighted by molar-refractivity contribution is 0.0244. The lowest BCUT2D eigenvalue weighted by Gasteiger charge is -2.35. The number of carbonyl (C=O) groups is 1. The SMILES string of the molecule is COc1cccc2cc(C(=O)N3CCCSCC3CN3CCOCC3)c(=O)oc12. The third kappa shape index (κ3) is 4.44. The van der Waals surface area contributed by atoms with Crippen LogP contribution in [-0.4, -0.2) is 79.8 Å². The maximum absolute atomic E-state index is 13.4. The van der Waals surface area contributed by atoms with E-state index in [1.807, 2.05) is 28.8 Å². The van der Waals surface area contributed by atoms with Gasteiger partial charge in [-0.1, -0.05) is 12.1 Å². The summed E-state index contributed by atoms with van der Waals surface area (Å²) >= 11 is 1.87. The van der Waals surface area contributed by atoms with Crippen LogP contribution in [-0.2, 0) is 4.74 Å². The number of nitrogens with zero attached hydrogens (tertiary/aromatic N) is 2. The van der Waals surface area contributed by atoms with Crippen molar-refractivity contribution < 1.29 is 18.7 Å². The van der Waals surface area contributed by atoms with Crippen LogP contribution in [0, 0.1) is 0 Å². The molecule has 2 aromatic rings. The predicted molar refractivity (Wildman–Crippen MR) is 113 cm³/mol. The summed E-state index contributed by atoms with van der Waals surface area (Å²) in [6.07, 6.45) is 0.919. The summed E-state index contributed by atoms with van der Waals surface area (Å²) in [4.78, 5) is 30.3. The van der Waals surface area contributed by atoms with Crippen LogP contribution < -0.4 is 10.4 Å². The Morgan fingerprint density at radius 2 is 2.10 bits per heavy atom. The molecule has 1 unspecified atom stereocenters. The Bertz CT molecular complexity index is 925. The van der Waals surface area contributed by atoms with Crippen molar-refractivity contribution in [3.63, 3.8) is 0 Å². The van der Waals surface area contributed by atoms with E-state index < -0.39 is 5.63 Å². The van der Waals surface area contributed by atoms with Crippen molar-refractivity contribution in [1.82, 2.24) is 9.80 Å². The third-order valence-corrected chi connectivity index (χ3v) is 6.64. The number of benzene rings is 1. The maximum Gasteiger partial charge on any atom is 0.349 e. The highest BCUT2D eigenvalue weighted by Crippen LogP contribution is 2.26. The van der Waals surface area contributed by atoms with Crippen LogP contribution in [0.25, 0.3) is 11.0 Å². The van der Waals surface area contributed by atoms with E-state index in [9.17, 15) is 9.59 Å². The minimum Gasteiger partial charge on any atom is -0.493 e. The molecule has 8 heteroatoms. The lowest BCUT2D eigenvalue weighted by atomic mass is 10.1. The van der Waals surface area contributed by atoms with Gasteiger partial charge in [-0.3, -0.25) is 9.69 Å². The van der Waals surface area contributed by atoms with Gasteiger partial charge in [0.25, 0.3) is 5.91 Å². The van der Waals surface area contributed by atoms with Crippen molar-refractivity contribution in [3.8, 4) is 5.75 Å². The molecule has 29 heavy (non-hydrogen) atoms. The molecule has 0 aliphatic carbocycles. The fraction of sp³-hybridized carbons (Fsp3) is 0.524. The zero-order chi connectivity index (χ0) is 20.2. The summed E-state index contributed by atoms with van der Waals surface area (Å²) < 4.78 is 16.2. The smallest absolute Gasteiger partial charge is 0.349 e. The van der Waals surface area contributed by atoms with E-state index in [2.05, 4.69) is 4.90 Å². The lowest BCUT2D eigenvalue weighted by Crippen LogP contribution is -2.51. The molecule has 0 spiro atoms. The first-order valence-electron chi connectivity index (χ1n) is 9.97. The first-order chi connectivity index (χ1) is 14.2. The number of para-hydroxylation sites is 1. The molecule has 4 rings (SSSR count). The van der Waals surface area contributed by atoms with E-state index in [0.29, 0.717) is 23.3 Å². The number of hydrogen-bond acceptors (Lipinski definition) is 7. The van der Waals surface area contributed by atoms with Gasteiger partial charge in [0.1, 0.15) is 5.56 Å². The van der Waals surface area contributed by atoms with Crippen LogP contribution in [0.4, 0.5) is 0 Å². The van der Waals surface area contributed by atoms with E-state index in [-0.39, 0.29) is 17.5 Å². The van der Waals surface area contributed by atoms with E-state index >= 15 is 0 Å². The monoisotopic (exact) mass is 418 g/mol. The normalized spacial score (nSPS) is 21.1. The molecule has 156 valence electrons. The molecule has 2 saturated heterocycles. The van der Waals surface area contributed by atoms with E-state index in [1.165, 1.54) is 7.11 Å². The van der Waals surface area contributed by atoms with Crippen molar-refractivity contribution in [3.05, 3.63) is 40.2 Å². The van der Waals surface area contributed by atoms with Gasteiger partial charge in [-0.05, 0) is 24.3 Å². The van der Waals surface area contributed by atoms with Crippen LogP contribution in [0.15, 0.2) is 33.5 Å². The maximum atomic E-state index is 13.4. The molecule has 1 atom stereocenters. The highest BCUT2D eigenvalue weighted by atomic mass is 32.2. The molecule has 1 aromatic carbocycles. The molecule has 0 N–H and O–H groups in total. The number of methoxy groups -OCH3 is 1. The molecular formula is C21H26N2O5S. The molecule has 2 fully saturated rings. The zero-order valence-corrected chi connectivity index (χ0v) is 17.4. The number of ether oxygens (including phenoxy) is 2. The van der Waals surface area contributed by atoms with Gasteiger partial charge >= 0.3 is 5.63 Å². The Hall–Kier alpha value is -2.03. The number of thioether (sulfide) groups is 1. The molecule has 0 radical (unpaired) electrons. The minimum absolute atomic E-state index is 0.0634. The summed E-state index contributed by atoms with van der Waals surface area (Å²) in [5, 5.41) is 0.682. The highest BCUT2D eigenvalue weighted by Gasteiger charge is 2.30. The standard InChI is InChI=1S/C21H26N2O5S/c1-26-18-5-2-4-15-12-17(21(25)28-19(15)18)20(24)23-6-3-11-29-14-16(23)13-22-7-9-27-10-8-22/h2,4-5,12,16H,3,6-11,13-14H2,1H3. The molecule has 2 aliphatic rings. The first kappa shape index (κ1) is 20.3. The van der Waals surface area contributed by atoms with E-state index in [1.54, 1.807) is 12.1 Å². The average molecular weight is 419 g/mol. The van der Waals surface area contributed by atoms with Crippen molar-refractivity contribution in [2.45, 2.75) is 12.5 Å². The third-order valence-electron chi connectivity index (χ3n) is 5.45. The summed E-state index contributed by atoms with van der Waals surface area (Å²) in [5.41, 5.74) is -0.161. The second-order valence-electron chi connectivity index (χ2n) is 7.32. The number of carbonyl (C=O) groups excluding carboxylic acids is 1. The van der Waals surface area contributed by atoms with Gasteiger partial charge < -0.3 is 18.8 Å². The van der Waals surface area contributed by atoms with Gasteiger partial charge in [0, 0.05) is 37.3 Å². The molecule has 1 amide bonds. The van der Waals surface area contributed by atoms with E-state index in [4.69, 9.17) is 13.9 Å². The summed E-state index contributed by atoms with van der Waals surface area (Å²) in [5.74, 6) is 2.13. The molecule has 0 bridgehead atoms. The Morgan fingerprint density at radius 3 is 2.90 bits per heavy atom. The Morgan fingerprint density at radius 1 is 1.28 bits per heavy atom. The highest BCUT2D eigenvalue weighted by molar-refractivity contribution is 7.99. The summed E-state index contributed by atoms with van der Waals surface area (Å²) in [6, 6.07) is 7.07. The van der Waals surface area contributed by atoms with Gasteiger partial charge in [-0.2, -0.15) is 11.8 Å². The van der Waals surface area contributed by atoms with Gasteiger partial charge in [0.05, 0.1) is 26.4 Å². The van der Waals surface area contributed by atoms with Crippen LogP contribution in [0.1, 0.15) is 16.8 Å². The number of morpholine rings is 1. The Kier molecular flexibility index (Phi) is 6.42. The molecule has 0 saturated carbocycles. The topological polar surface area (TPSA) is 72.2 Å². The number of rotatable bonds is 4. The Labute approximate surface area is 173 Å². The molecule has 3 heterocycles. The van der Waals surface area contributed by atoms with E-state index in [0.717, 1.165) is 50.8 Å². The average Bonchev–Trinajstić information content (AvgIpc) is 2.98. The molecular weight excluding hydrogens is 392 g/mol. The molecule has 2 aliphatic heterocycles. The quantitative estimate of drug-likeness (QED) is 0.704. The summed E-state index contributed by atoms with van der Waals surface area (Å²) in [6.45, 7) is 4.65. The second kappa shape index (κ2) is 9.19. The van der Waals surface area contributed by atoms with Crippen LogP contribution in [0.2, 0.25) is 0 Å².